The summed E-state index contributed by atoms with van der Waals surface area (Å²) in [5.74, 6) is 1.49. The standard InChI is InChI=1S/C11H16ClN5/c1-7(2)4-5-17(3)10-8-6-13-16-9(8)14-11(12)15-10/h6-7H,4-5H2,1-3H3,(H,13,14,15,16). The van der Waals surface area contributed by atoms with Crippen LogP contribution in [0.1, 0.15) is 20.3 Å². The molecular formula is C11H16ClN5. The van der Waals surface area contributed by atoms with Gasteiger partial charge in [-0.2, -0.15) is 15.1 Å². The maximum atomic E-state index is 5.89. The van der Waals surface area contributed by atoms with E-state index in [1.54, 1.807) is 6.20 Å². The van der Waals surface area contributed by atoms with Crippen LogP contribution in [0.4, 0.5) is 5.82 Å². The van der Waals surface area contributed by atoms with Crippen molar-refractivity contribution in [1.82, 2.24) is 20.2 Å². The van der Waals surface area contributed by atoms with E-state index in [1.807, 2.05) is 7.05 Å². The Labute approximate surface area is 105 Å². The van der Waals surface area contributed by atoms with E-state index in [1.165, 1.54) is 0 Å². The number of nitrogens with one attached hydrogen (secondary N) is 1. The van der Waals surface area contributed by atoms with Crippen LogP contribution in [-0.4, -0.2) is 33.8 Å². The Bertz CT molecular complexity index is 508. The molecule has 0 atom stereocenters. The normalized spacial score (nSPS) is 11.4. The third kappa shape index (κ3) is 2.66. The van der Waals surface area contributed by atoms with E-state index in [2.05, 4.69) is 38.9 Å². The Morgan fingerprint density at radius 1 is 1.41 bits per heavy atom. The zero-order valence-electron chi connectivity index (χ0n) is 10.2. The Balaban J connectivity index is 2.30. The lowest BCUT2D eigenvalue weighted by molar-refractivity contribution is 0.584. The van der Waals surface area contributed by atoms with Crippen LogP contribution in [0, 0.1) is 5.92 Å². The van der Waals surface area contributed by atoms with Gasteiger partial charge in [-0.3, -0.25) is 5.10 Å². The smallest absolute Gasteiger partial charge is 0.226 e. The molecule has 2 aromatic heterocycles. The van der Waals surface area contributed by atoms with Gasteiger partial charge in [0.05, 0.1) is 11.6 Å². The highest BCUT2D eigenvalue weighted by Gasteiger charge is 2.12. The summed E-state index contributed by atoms with van der Waals surface area (Å²) in [4.78, 5) is 10.4. The van der Waals surface area contributed by atoms with E-state index in [9.17, 15) is 0 Å². The molecule has 1 N–H and O–H groups in total. The van der Waals surface area contributed by atoms with E-state index >= 15 is 0 Å². The molecule has 2 heterocycles. The van der Waals surface area contributed by atoms with Crippen molar-refractivity contribution in [3.05, 3.63) is 11.5 Å². The zero-order valence-corrected chi connectivity index (χ0v) is 11.0. The number of H-pyrrole nitrogens is 1. The van der Waals surface area contributed by atoms with Crippen LogP contribution in [0.3, 0.4) is 0 Å². The fourth-order valence-corrected chi connectivity index (χ4v) is 1.81. The first-order chi connectivity index (χ1) is 8.08. The summed E-state index contributed by atoms with van der Waals surface area (Å²) < 4.78 is 0. The third-order valence-corrected chi connectivity index (χ3v) is 2.83. The lowest BCUT2D eigenvalue weighted by atomic mass is 10.1. The van der Waals surface area contributed by atoms with Crippen molar-refractivity contribution in [3.8, 4) is 0 Å². The van der Waals surface area contributed by atoms with Gasteiger partial charge in [-0.05, 0) is 23.9 Å². The Morgan fingerprint density at radius 3 is 2.88 bits per heavy atom. The largest absolute Gasteiger partial charge is 0.359 e. The molecule has 92 valence electrons. The summed E-state index contributed by atoms with van der Waals surface area (Å²) in [6.45, 7) is 5.34. The summed E-state index contributed by atoms with van der Waals surface area (Å²) in [5.41, 5.74) is 0.677. The predicted molar refractivity (Wildman–Crippen MR) is 69.4 cm³/mol. The van der Waals surface area contributed by atoms with Crippen molar-refractivity contribution < 1.29 is 0 Å². The average molecular weight is 254 g/mol. The summed E-state index contributed by atoms with van der Waals surface area (Å²) in [6.07, 6.45) is 2.84. The number of anilines is 1. The minimum Gasteiger partial charge on any atom is -0.359 e. The topological polar surface area (TPSA) is 57.7 Å². The molecule has 0 bridgehead atoms. The lowest BCUT2D eigenvalue weighted by Crippen LogP contribution is -2.21. The molecule has 0 aliphatic rings. The molecule has 2 aromatic rings. The molecule has 6 heteroatoms. The molecule has 0 aromatic carbocycles. The molecule has 0 saturated heterocycles. The number of nitrogens with zero attached hydrogens (tertiary/aromatic N) is 4. The predicted octanol–water partition coefficient (Wildman–Crippen LogP) is 2.49. The quantitative estimate of drug-likeness (QED) is 0.851. The van der Waals surface area contributed by atoms with Gasteiger partial charge in [-0.25, -0.2) is 0 Å². The van der Waals surface area contributed by atoms with E-state index < -0.39 is 0 Å². The summed E-state index contributed by atoms with van der Waals surface area (Å²) in [5, 5.41) is 7.92. The van der Waals surface area contributed by atoms with Gasteiger partial charge in [-0.15, -0.1) is 0 Å². The maximum absolute atomic E-state index is 5.89. The molecule has 0 aliphatic carbocycles. The van der Waals surface area contributed by atoms with Crippen LogP contribution in [0.25, 0.3) is 11.0 Å². The van der Waals surface area contributed by atoms with Crippen LogP contribution in [0.15, 0.2) is 6.20 Å². The molecular weight excluding hydrogens is 238 g/mol. The van der Waals surface area contributed by atoms with Crippen molar-refractivity contribution in [3.63, 3.8) is 0 Å². The number of aromatic nitrogens is 4. The summed E-state index contributed by atoms with van der Waals surface area (Å²) in [7, 11) is 2.01. The highest BCUT2D eigenvalue weighted by molar-refractivity contribution is 6.28. The van der Waals surface area contributed by atoms with Gasteiger partial charge in [0, 0.05) is 13.6 Å². The fraction of sp³-hybridized carbons (Fsp3) is 0.545. The Morgan fingerprint density at radius 2 is 2.18 bits per heavy atom. The Kier molecular flexibility index (Phi) is 3.47. The van der Waals surface area contributed by atoms with Crippen molar-refractivity contribution in [2.75, 3.05) is 18.5 Å². The van der Waals surface area contributed by atoms with Gasteiger partial charge in [-0.1, -0.05) is 13.8 Å². The molecule has 0 aliphatic heterocycles. The minimum absolute atomic E-state index is 0.244. The van der Waals surface area contributed by atoms with Crippen molar-refractivity contribution in [2.45, 2.75) is 20.3 Å². The van der Waals surface area contributed by atoms with Crippen LogP contribution in [-0.2, 0) is 0 Å². The van der Waals surface area contributed by atoms with E-state index in [0.717, 1.165) is 24.2 Å². The summed E-state index contributed by atoms with van der Waals surface area (Å²) >= 11 is 5.89. The fourth-order valence-electron chi connectivity index (χ4n) is 1.64. The molecule has 5 nitrogen and oxygen atoms in total. The molecule has 0 unspecified atom stereocenters. The molecule has 0 saturated carbocycles. The molecule has 17 heavy (non-hydrogen) atoms. The van der Waals surface area contributed by atoms with E-state index in [-0.39, 0.29) is 5.28 Å². The number of rotatable bonds is 4. The second-order valence-corrected chi connectivity index (χ2v) is 4.89. The van der Waals surface area contributed by atoms with Gasteiger partial charge in [0.25, 0.3) is 0 Å². The first-order valence-corrected chi connectivity index (χ1v) is 6.03. The van der Waals surface area contributed by atoms with Gasteiger partial charge in [0.15, 0.2) is 5.65 Å². The highest BCUT2D eigenvalue weighted by Crippen LogP contribution is 2.23. The maximum Gasteiger partial charge on any atom is 0.226 e. The number of halogens is 1. The van der Waals surface area contributed by atoms with Crippen molar-refractivity contribution in [1.29, 1.82) is 0 Å². The first-order valence-electron chi connectivity index (χ1n) is 5.65. The van der Waals surface area contributed by atoms with Crippen LogP contribution >= 0.6 is 11.6 Å². The number of hydrogen-bond donors (Lipinski definition) is 1. The minimum atomic E-state index is 0.244. The number of fused-ring (bicyclic) bond motifs is 1. The molecule has 0 fully saturated rings. The number of hydrogen-bond acceptors (Lipinski definition) is 4. The van der Waals surface area contributed by atoms with Gasteiger partial charge < -0.3 is 4.90 Å². The molecule has 0 amide bonds. The summed E-state index contributed by atoms with van der Waals surface area (Å²) in [6, 6.07) is 0. The molecule has 0 radical (unpaired) electrons. The van der Waals surface area contributed by atoms with E-state index in [0.29, 0.717) is 11.6 Å². The Hall–Kier alpha value is -1.36. The van der Waals surface area contributed by atoms with Crippen LogP contribution in [0.5, 0.6) is 0 Å². The van der Waals surface area contributed by atoms with Crippen LogP contribution in [0.2, 0.25) is 5.28 Å². The zero-order chi connectivity index (χ0) is 12.4. The number of aromatic amines is 1. The molecule has 2 rings (SSSR count). The SMILES string of the molecule is CC(C)CCN(C)c1nc(Cl)nc2[nH]ncc12. The molecule has 0 spiro atoms. The monoisotopic (exact) mass is 253 g/mol. The second-order valence-electron chi connectivity index (χ2n) is 4.55. The second kappa shape index (κ2) is 4.87. The van der Waals surface area contributed by atoms with Gasteiger partial charge in [0.2, 0.25) is 5.28 Å². The first kappa shape index (κ1) is 12.1. The van der Waals surface area contributed by atoms with Gasteiger partial charge in [0.1, 0.15) is 5.82 Å². The van der Waals surface area contributed by atoms with Crippen LogP contribution < -0.4 is 4.90 Å². The lowest BCUT2D eigenvalue weighted by Gasteiger charge is -2.19. The van der Waals surface area contributed by atoms with E-state index in [4.69, 9.17) is 11.6 Å². The van der Waals surface area contributed by atoms with Crippen molar-refractivity contribution >= 4 is 28.5 Å². The van der Waals surface area contributed by atoms with Gasteiger partial charge >= 0.3 is 0 Å². The average Bonchev–Trinajstić information content (AvgIpc) is 2.72. The third-order valence-electron chi connectivity index (χ3n) is 2.67. The highest BCUT2D eigenvalue weighted by atomic mass is 35.5. The van der Waals surface area contributed by atoms with Crippen molar-refractivity contribution in [2.24, 2.45) is 5.92 Å².